The van der Waals surface area contributed by atoms with Crippen molar-refractivity contribution in [2.45, 2.75) is 23.8 Å². The van der Waals surface area contributed by atoms with E-state index in [1.54, 1.807) is 7.05 Å². The maximum absolute atomic E-state index is 12.8. The van der Waals surface area contributed by atoms with Crippen molar-refractivity contribution in [2.75, 3.05) is 27.2 Å². The Labute approximate surface area is 141 Å². The number of nitro benzene ring substituents is 1. The van der Waals surface area contributed by atoms with Crippen LogP contribution in [0.3, 0.4) is 0 Å². The second kappa shape index (κ2) is 7.91. The molecule has 1 atom stereocenters. The SMILES string of the molecule is CNCC1CCCN1S(=O)(=O)c1ccc(OC)cc1[N+](=O)[O-].Cl. The van der Waals surface area contributed by atoms with Gasteiger partial charge in [-0.15, -0.1) is 12.4 Å². The molecule has 10 heteroatoms. The van der Waals surface area contributed by atoms with Gasteiger partial charge < -0.3 is 10.1 Å². The molecule has 1 aliphatic heterocycles. The zero-order valence-electron chi connectivity index (χ0n) is 12.9. The number of nitrogens with one attached hydrogen (secondary N) is 1. The van der Waals surface area contributed by atoms with Gasteiger partial charge in [0.05, 0.1) is 18.1 Å². The van der Waals surface area contributed by atoms with Crippen LogP contribution in [0.25, 0.3) is 0 Å². The average Bonchev–Trinajstić information content (AvgIpc) is 2.96. The molecule has 2 rings (SSSR count). The normalized spacial score (nSPS) is 18.4. The number of sulfonamides is 1. The van der Waals surface area contributed by atoms with E-state index >= 15 is 0 Å². The van der Waals surface area contributed by atoms with E-state index < -0.39 is 20.6 Å². The molecule has 0 aliphatic carbocycles. The van der Waals surface area contributed by atoms with E-state index in [1.807, 2.05) is 0 Å². The lowest BCUT2D eigenvalue weighted by Gasteiger charge is -2.23. The monoisotopic (exact) mass is 365 g/mol. The first kappa shape index (κ1) is 19.6. The van der Waals surface area contributed by atoms with E-state index in [2.05, 4.69) is 5.32 Å². The standard InChI is InChI=1S/C13H19N3O5S.ClH/c1-14-9-10-4-3-7-15(10)22(19,20)13-6-5-11(21-2)8-12(13)16(17)18;/h5-6,8,10,14H,3-4,7,9H2,1-2H3;1H. The Kier molecular flexibility index (Phi) is 6.75. The van der Waals surface area contributed by atoms with Gasteiger partial charge in [0.15, 0.2) is 4.90 Å². The van der Waals surface area contributed by atoms with E-state index in [0.717, 1.165) is 18.9 Å². The van der Waals surface area contributed by atoms with E-state index in [1.165, 1.54) is 23.5 Å². The summed E-state index contributed by atoms with van der Waals surface area (Å²) in [7, 11) is -0.794. The summed E-state index contributed by atoms with van der Waals surface area (Å²) in [5, 5.41) is 14.2. The van der Waals surface area contributed by atoms with Crippen molar-refractivity contribution in [2.24, 2.45) is 0 Å². The second-order valence-corrected chi connectivity index (χ2v) is 6.92. The number of halogens is 1. The van der Waals surface area contributed by atoms with E-state index in [0.29, 0.717) is 13.1 Å². The second-order valence-electron chi connectivity index (χ2n) is 5.06. The molecule has 1 fully saturated rings. The van der Waals surface area contributed by atoms with Gasteiger partial charge >= 0.3 is 0 Å². The van der Waals surface area contributed by atoms with Crippen molar-refractivity contribution in [1.29, 1.82) is 0 Å². The topological polar surface area (TPSA) is 102 Å². The first-order valence-corrected chi connectivity index (χ1v) is 8.34. The molecule has 1 aliphatic rings. The van der Waals surface area contributed by atoms with Crippen LogP contribution in [0.4, 0.5) is 5.69 Å². The first-order chi connectivity index (χ1) is 10.4. The van der Waals surface area contributed by atoms with Crippen LogP contribution >= 0.6 is 12.4 Å². The van der Waals surface area contributed by atoms with Crippen molar-refractivity contribution < 1.29 is 18.1 Å². The highest BCUT2D eigenvalue weighted by atomic mass is 35.5. The molecular weight excluding hydrogens is 346 g/mol. The molecule has 1 unspecified atom stereocenters. The van der Waals surface area contributed by atoms with Gasteiger partial charge in [0.2, 0.25) is 10.0 Å². The number of hydrogen-bond donors (Lipinski definition) is 1. The third-order valence-corrected chi connectivity index (χ3v) is 5.71. The average molecular weight is 366 g/mol. The molecule has 1 aromatic rings. The van der Waals surface area contributed by atoms with Crippen LogP contribution < -0.4 is 10.1 Å². The smallest absolute Gasteiger partial charge is 0.293 e. The predicted octanol–water partition coefficient (Wildman–Crippen LogP) is 1.40. The van der Waals surface area contributed by atoms with Gasteiger partial charge in [-0.05, 0) is 32.0 Å². The number of nitrogens with zero attached hydrogens (tertiary/aromatic N) is 2. The molecule has 1 N–H and O–H groups in total. The van der Waals surface area contributed by atoms with Gasteiger partial charge in [-0.25, -0.2) is 8.42 Å². The summed E-state index contributed by atoms with van der Waals surface area (Å²) >= 11 is 0. The summed E-state index contributed by atoms with van der Waals surface area (Å²) in [4.78, 5) is 10.2. The highest BCUT2D eigenvalue weighted by Crippen LogP contribution is 2.33. The lowest BCUT2D eigenvalue weighted by atomic mass is 10.2. The van der Waals surface area contributed by atoms with Gasteiger partial charge in [0.25, 0.3) is 5.69 Å². The Morgan fingerprint density at radius 3 is 2.74 bits per heavy atom. The number of methoxy groups -OCH3 is 1. The molecule has 8 nitrogen and oxygen atoms in total. The minimum atomic E-state index is -3.91. The Bertz CT molecular complexity index is 668. The van der Waals surface area contributed by atoms with Gasteiger partial charge in [0, 0.05) is 19.1 Å². The summed E-state index contributed by atoms with van der Waals surface area (Å²) in [5.74, 6) is 0.249. The summed E-state index contributed by atoms with van der Waals surface area (Å²) in [6.07, 6.45) is 1.49. The number of likely N-dealkylation sites (N-methyl/N-ethyl adjacent to an activating group) is 1. The zero-order valence-corrected chi connectivity index (χ0v) is 14.5. The highest BCUT2D eigenvalue weighted by molar-refractivity contribution is 7.89. The lowest BCUT2D eigenvalue weighted by molar-refractivity contribution is -0.387. The molecule has 0 amide bonds. The quantitative estimate of drug-likeness (QED) is 0.604. The number of rotatable bonds is 6. The molecule has 1 aromatic carbocycles. The highest BCUT2D eigenvalue weighted by Gasteiger charge is 2.38. The third-order valence-electron chi connectivity index (χ3n) is 3.71. The van der Waals surface area contributed by atoms with Gasteiger partial charge in [-0.3, -0.25) is 10.1 Å². The largest absolute Gasteiger partial charge is 0.497 e. The molecule has 0 aromatic heterocycles. The van der Waals surface area contributed by atoms with E-state index in [4.69, 9.17) is 4.74 Å². The molecular formula is C13H20ClN3O5S. The van der Waals surface area contributed by atoms with E-state index in [-0.39, 0.29) is 29.1 Å². The molecule has 23 heavy (non-hydrogen) atoms. The fourth-order valence-corrected chi connectivity index (χ4v) is 4.51. The van der Waals surface area contributed by atoms with Crippen LogP contribution in [0.5, 0.6) is 5.75 Å². The molecule has 0 bridgehead atoms. The summed E-state index contributed by atoms with van der Waals surface area (Å²) in [6.45, 7) is 0.890. The Balaban J connectivity index is 0.00000264. The minimum Gasteiger partial charge on any atom is -0.497 e. The molecule has 1 heterocycles. The van der Waals surface area contributed by atoms with Crippen molar-refractivity contribution in [3.63, 3.8) is 0 Å². The molecule has 130 valence electrons. The number of hydrogen-bond acceptors (Lipinski definition) is 6. The number of benzene rings is 1. The van der Waals surface area contributed by atoms with Gasteiger partial charge in [0.1, 0.15) is 5.75 Å². The minimum absolute atomic E-state index is 0. The van der Waals surface area contributed by atoms with Crippen LogP contribution in [0.15, 0.2) is 23.1 Å². The van der Waals surface area contributed by atoms with Crippen LogP contribution in [-0.4, -0.2) is 50.9 Å². The van der Waals surface area contributed by atoms with E-state index in [9.17, 15) is 18.5 Å². The fraction of sp³-hybridized carbons (Fsp3) is 0.538. The zero-order chi connectivity index (χ0) is 16.3. The first-order valence-electron chi connectivity index (χ1n) is 6.90. The molecule has 0 radical (unpaired) electrons. The van der Waals surface area contributed by atoms with Crippen molar-refractivity contribution >= 4 is 28.1 Å². The predicted molar refractivity (Wildman–Crippen MR) is 87.7 cm³/mol. The Morgan fingerprint density at radius 2 is 2.17 bits per heavy atom. The van der Waals surface area contributed by atoms with Crippen LogP contribution in [0, 0.1) is 10.1 Å². The number of nitro groups is 1. The fourth-order valence-electron chi connectivity index (χ4n) is 2.68. The van der Waals surface area contributed by atoms with Crippen LogP contribution in [0.1, 0.15) is 12.8 Å². The van der Waals surface area contributed by atoms with Crippen molar-refractivity contribution in [1.82, 2.24) is 9.62 Å². The Hall–Kier alpha value is -1.42. The molecule has 0 saturated carbocycles. The van der Waals surface area contributed by atoms with Crippen LogP contribution in [0.2, 0.25) is 0 Å². The Morgan fingerprint density at radius 1 is 1.48 bits per heavy atom. The maximum Gasteiger partial charge on any atom is 0.293 e. The van der Waals surface area contributed by atoms with Crippen molar-refractivity contribution in [3.05, 3.63) is 28.3 Å². The van der Waals surface area contributed by atoms with Crippen molar-refractivity contribution in [3.8, 4) is 5.75 Å². The molecule has 0 spiro atoms. The number of ether oxygens (including phenoxy) is 1. The van der Waals surface area contributed by atoms with Gasteiger partial charge in [-0.2, -0.15) is 4.31 Å². The summed E-state index contributed by atoms with van der Waals surface area (Å²) < 4.78 is 31.9. The third kappa shape index (κ3) is 3.92. The van der Waals surface area contributed by atoms with Gasteiger partial charge in [-0.1, -0.05) is 0 Å². The summed E-state index contributed by atoms with van der Waals surface area (Å²) in [5.41, 5.74) is -0.463. The van der Waals surface area contributed by atoms with Crippen LogP contribution in [-0.2, 0) is 10.0 Å². The maximum atomic E-state index is 12.8. The summed E-state index contributed by atoms with van der Waals surface area (Å²) in [6, 6.07) is 3.61. The molecule has 1 saturated heterocycles. The lowest BCUT2D eigenvalue weighted by Crippen LogP contribution is -2.40.